The Hall–Kier alpha value is -1.06. The van der Waals surface area contributed by atoms with Gasteiger partial charge in [0.25, 0.3) is 0 Å². The van der Waals surface area contributed by atoms with Crippen LogP contribution in [0.5, 0.6) is 5.75 Å². The molecule has 96 valence electrons. The Kier molecular flexibility index (Phi) is 5.45. The molecular weight excluding hydrogens is 214 g/mol. The minimum atomic E-state index is -0.387. The number of likely N-dealkylation sites (N-methyl/N-ethyl adjacent to an activating group) is 1. The highest BCUT2D eigenvalue weighted by atomic mass is 16.5. The molecule has 0 fully saturated rings. The Morgan fingerprint density at radius 2 is 1.94 bits per heavy atom. The molecule has 0 amide bonds. The smallest absolute Gasteiger partial charge is 0.119 e. The first kappa shape index (κ1) is 14.0. The van der Waals surface area contributed by atoms with Crippen LogP contribution in [0.2, 0.25) is 0 Å². The van der Waals surface area contributed by atoms with Gasteiger partial charge < -0.3 is 15.2 Å². The molecule has 1 unspecified atom stereocenters. The van der Waals surface area contributed by atoms with Crippen LogP contribution in [-0.4, -0.2) is 30.9 Å². The van der Waals surface area contributed by atoms with Crippen LogP contribution in [0.15, 0.2) is 24.3 Å². The molecule has 0 radical (unpaired) electrons. The van der Waals surface area contributed by atoms with E-state index in [-0.39, 0.29) is 12.1 Å². The van der Waals surface area contributed by atoms with E-state index in [1.807, 2.05) is 26.1 Å². The fourth-order valence-corrected chi connectivity index (χ4v) is 1.48. The largest absolute Gasteiger partial charge is 0.492 e. The van der Waals surface area contributed by atoms with Crippen LogP contribution >= 0.6 is 0 Å². The molecule has 1 aromatic carbocycles. The molecule has 0 aliphatic heterocycles. The van der Waals surface area contributed by atoms with E-state index in [1.165, 1.54) is 5.56 Å². The van der Waals surface area contributed by atoms with Gasteiger partial charge in [-0.25, -0.2) is 0 Å². The summed E-state index contributed by atoms with van der Waals surface area (Å²) in [6, 6.07) is 8.15. The summed E-state index contributed by atoms with van der Waals surface area (Å²) in [6.07, 6.45) is 2.26. The Balaban J connectivity index is 2.52. The van der Waals surface area contributed by atoms with Crippen LogP contribution in [0.25, 0.3) is 0 Å². The van der Waals surface area contributed by atoms with Crippen LogP contribution in [-0.2, 0) is 6.42 Å². The van der Waals surface area contributed by atoms with Gasteiger partial charge in [0.2, 0.25) is 0 Å². The molecule has 3 heteroatoms. The van der Waals surface area contributed by atoms with Gasteiger partial charge in [-0.15, -0.1) is 0 Å². The second-order valence-corrected chi connectivity index (χ2v) is 4.65. The van der Waals surface area contributed by atoms with Crippen LogP contribution in [0.1, 0.15) is 25.8 Å². The number of ether oxygens (including phenoxy) is 1. The van der Waals surface area contributed by atoms with Crippen molar-refractivity contribution in [1.82, 2.24) is 5.32 Å². The Bertz CT molecular complexity index is 317. The second kappa shape index (κ2) is 6.62. The second-order valence-electron chi connectivity index (χ2n) is 4.65. The van der Waals surface area contributed by atoms with Crippen molar-refractivity contribution in [2.75, 3.05) is 20.3 Å². The van der Waals surface area contributed by atoms with Gasteiger partial charge in [0.15, 0.2) is 0 Å². The summed E-state index contributed by atoms with van der Waals surface area (Å²) in [6.45, 7) is 4.60. The molecule has 17 heavy (non-hydrogen) atoms. The van der Waals surface area contributed by atoms with Gasteiger partial charge in [-0.2, -0.15) is 0 Å². The molecule has 3 nitrogen and oxygen atoms in total. The van der Waals surface area contributed by atoms with Crippen LogP contribution in [0, 0.1) is 0 Å². The molecule has 0 bridgehead atoms. The predicted molar refractivity (Wildman–Crippen MR) is 70.5 cm³/mol. The summed E-state index contributed by atoms with van der Waals surface area (Å²) in [5.41, 5.74) is 0.945. The number of aryl methyl sites for hydroxylation is 1. The van der Waals surface area contributed by atoms with E-state index in [0.29, 0.717) is 6.61 Å². The molecule has 0 spiro atoms. The summed E-state index contributed by atoms with van der Waals surface area (Å²) in [7, 11) is 1.82. The van der Waals surface area contributed by atoms with Crippen molar-refractivity contribution in [1.29, 1.82) is 0 Å². The molecule has 1 rings (SSSR count). The number of hydrogen-bond donors (Lipinski definition) is 2. The maximum atomic E-state index is 9.23. The maximum Gasteiger partial charge on any atom is 0.119 e. The van der Waals surface area contributed by atoms with Crippen molar-refractivity contribution < 1.29 is 9.84 Å². The minimum Gasteiger partial charge on any atom is -0.492 e. The molecule has 0 aliphatic carbocycles. The zero-order chi connectivity index (χ0) is 12.7. The lowest BCUT2D eigenvalue weighted by Gasteiger charge is -2.26. The van der Waals surface area contributed by atoms with Gasteiger partial charge >= 0.3 is 0 Å². The van der Waals surface area contributed by atoms with Crippen molar-refractivity contribution in [2.45, 2.75) is 32.2 Å². The number of hydrogen-bond acceptors (Lipinski definition) is 3. The lowest BCUT2D eigenvalue weighted by atomic mass is 10.1. The summed E-state index contributed by atoms with van der Waals surface area (Å²) >= 11 is 0. The van der Waals surface area contributed by atoms with Crippen molar-refractivity contribution >= 4 is 0 Å². The molecule has 0 heterocycles. The minimum absolute atomic E-state index is 0.0530. The normalized spacial score (nSPS) is 14.4. The van der Waals surface area contributed by atoms with Crippen LogP contribution in [0.4, 0.5) is 0 Å². The summed E-state index contributed by atoms with van der Waals surface area (Å²) in [4.78, 5) is 0. The van der Waals surface area contributed by atoms with Crippen molar-refractivity contribution in [3.8, 4) is 5.75 Å². The van der Waals surface area contributed by atoms with E-state index in [4.69, 9.17) is 4.74 Å². The number of aliphatic hydroxyl groups is 1. The van der Waals surface area contributed by atoms with Crippen molar-refractivity contribution in [3.05, 3.63) is 29.8 Å². The van der Waals surface area contributed by atoms with Crippen LogP contribution in [0.3, 0.4) is 0 Å². The lowest BCUT2D eigenvalue weighted by Crippen LogP contribution is -2.48. The lowest BCUT2D eigenvalue weighted by molar-refractivity contribution is 0.122. The van der Waals surface area contributed by atoms with E-state index in [0.717, 1.165) is 18.6 Å². The summed E-state index contributed by atoms with van der Waals surface area (Å²) in [5, 5.41) is 12.3. The topological polar surface area (TPSA) is 41.5 Å². The number of nitrogens with one attached hydrogen (secondary N) is 1. The average molecular weight is 237 g/mol. The third-order valence-corrected chi connectivity index (χ3v) is 2.97. The Labute approximate surface area is 104 Å². The molecule has 0 saturated carbocycles. The highest BCUT2D eigenvalue weighted by Crippen LogP contribution is 2.15. The number of benzene rings is 1. The Morgan fingerprint density at radius 1 is 1.29 bits per heavy atom. The van der Waals surface area contributed by atoms with Gasteiger partial charge in [0, 0.05) is 0 Å². The fraction of sp³-hybridized carbons (Fsp3) is 0.571. The molecule has 0 aliphatic rings. The zero-order valence-corrected chi connectivity index (χ0v) is 11.0. The van der Waals surface area contributed by atoms with Crippen molar-refractivity contribution in [3.63, 3.8) is 0 Å². The third-order valence-electron chi connectivity index (χ3n) is 2.97. The molecule has 0 saturated heterocycles. The first-order chi connectivity index (χ1) is 8.13. The molecule has 2 N–H and O–H groups in total. The number of aliphatic hydroxyl groups excluding tert-OH is 1. The van der Waals surface area contributed by atoms with E-state index >= 15 is 0 Å². The summed E-state index contributed by atoms with van der Waals surface area (Å²) < 4.78 is 5.66. The zero-order valence-electron chi connectivity index (χ0n) is 11.0. The first-order valence-electron chi connectivity index (χ1n) is 6.15. The maximum absolute atomic E-state index is 9.23. The van der Waals surface area contributed by atoms with E-state index in [2.05, 4.69) is 24.4 Å². The van der Waals surface area contributed by atoms with Gasteiger partial charge in [-0.05, 0) is 38.1 Å². The van der Waals surface area contributed by atoms with Gasteiger partial charge in [-0.1, -0.05) is 25.5 Å². The molecular formula is C14H23NO2. The predicted octanol–water partition coefficient (Wildman–Crippen LogP) is 1.99. The quantitative estimate of drug-likeness (QED) is 0.762. The van der Waals surface area contributed by atoms with Gasteiger partial charge in [-0.3, -0.25) is 0 Å². The van der Waals surface area contributed by atoms with Gasteiger partial charge in [0.05, 0.1) is 12.1 Å². The third kappa shape index (κ3) is 4.36. The van der Waals surface area contributed by atoms with Crippen LogP contribution < -0.4 is 10.1 Å². The summed E-state index contributed by atoms with van der Waals surface area (Å²) in [5.74, 6) is 0.847. The monoisotopic (exact) mass is 237 g/mol. The van der Waals surface area contributed by atoms with E-state index in [1.54, 1.807) is 0 Å². The van der Waals surface area contributed by atoms with E-state index in [9.17, 15) is 5.11 Å². The van der Waals surface area contributed by atoms with E-state index < -0.39 is 0 Å². The fourth-order valence-electron chi connectivity index (χ4n) is 1.48. The number of rotatable bonds is 7. The molecule has 0 aromatic heterocycles. The first-order valence-corrected chi connectivity index (χ1v) is 6.15. The Morgan fingerprint density at radius 3 is 2.41 bits per heavy atom. The highest BCUT2D eigenvalue weighted by Gasteiger charge is 2.21. The highest BCUT2D eigenvalue weighted by molar-refractivity contribution is 5.27. The van der Waals surface area contributed by atoms with Gasteiger partial charge in [0.1, 0.15) is 12.4 Å². The standard InChI is InChI=1S/C14H23NO2/c1-4-5-12-6-8-13(9-7-12)17-11-14(2,10-16)15-3/h6-9,15-16H,4-5,10-11H2,1-3H3. The average Bonchev–Trinajstić information content (AvgIpc) is 2.38. The van der Waals surface area contributed by atoms with Crippen molar-refractivity contribution in [2.24, 2.45) is 0 Å². The molecule has 1 aromatic rings. The molecule has 1 atom stereocenters. The SMILES string of the molecule is CCCc1ccc(OCC(C)(CO)NC)cc1.